The summed E-state index contributed by atoms with van der Waals surface area (Å²) in [5.41, 5.74) is 1.97. The Balaban J connectivity index is 2.93. The van der Waals surface area contributed by atoms with E-state index < -0.39 is 11.9 Å². The molecule has 1 N–H and O–H groups in total. The van der Waals surface area contributed by atoms with Gasteiger partial charge in [0.2, 0.25) is 0 Å². The van der Waals surface area contributed by atoms with Crippen molar-refractivity contribution < 1.29 is 9.90 Å². The predicted molar refractivity (Wildman–Crippen MR) is 61.0 cm³/mol. The van der Waals surface area contributed by atoms with Crippen LogP contribution in [-0.2, 0) is 4.79 Å². The average molecular weight is 204 g/mol. The molecule has 0 aliphatic heterocycles. The Hall–Kier alpha value is -1.57. The fourth-order valence-electron chi connectivity index (χ4n) is 1.54. The van der Waals surface area contributed by atoms with Crippen molar-refractivity contribution in [3.8, 4) is 0 Å². The first-order valence-corrected chi connectivity index (χ1v) is 5.05. The van der Waals surface area contributed by atoms with Gasteiger partial charge >= 0.3 is 5.97 Å². The smallest absolute Gasteiger partial charge is 0.311 e. The van der Waals surface area contributed by atoms with Crippen molar-refractivity contribution in [2.75, 3.05) is 0 Å². The van der Waals surface area contributed by atoms with Crippen LogP contribution in [0.1, 0.15) is 30.4 Å². The first-order valence-electron chi connectivity index (χ1n) is 5.05. The van der Waals surface area contributed by atoms with E-state index in [1.165, 1.54) is 0 Å². The molecule has 0 fully saturated rings. The van der Waals surface area contributed by atoms with E-state index in [9.17, 15) is 4.79 Å². The molecule has 0 bridgehead atoms. The molecule has 80 valence electrons. The number of carboxylic acid groups (broad SMARTS) is 1. The Labute approximate surface area is 90.3 Å². The van der Waals surface area contributed by atoms with Gasteiger partial charge in [0.15, 0.2) is 0 Å². The van der Waals surface area contributed by atoms with Gasteiger partial charge in [-0.3, -0.25) is 4.79 Å². The lowest BCUT2D eigenvalue weighted by molar-refractivity contribution is -0.138. The minimum atomic E-state index is -0.765. The molecule has 1 aromatic carbocycles. The van der Waals surface area contributed by atoms with Gasteiger partial charge in [-0.05, 0) is 25.8 Å². The van der Waals surface area contributed by atoms with Gasteiger partial charge in [0, 0.05) is 0 Å². The fourth-order valence-corrected chi connectivity index (χ4v) is 1.54. The largest absolute Gasteiger partial charge is 0.481 e. The normalized spacial score (nSPS) is 12.9. The van der Waals surface area contributed by atoms with E-state index in [0.717, 1.165) is 11.1 Å². The van der Waals surface area contributed by atoms with Crippen molar-refractivity contribution >= 4 is 5.97 Å². The summed E-state index contributed by atoms with van der Waals surface area (Å²) in [6, 6.07) is 7.67. The van der Waals surface area contributed by atoms with Crippen molar-refractivity contribution in [2.24, 2.45) is 0 Å². The fraction of sp³-hybridized carbons (Fsp3) is 0.308. The van der Waals surface area contributed by atoms with Gasteiger partial charge in [0.05, 0.1) is 5.92 Å². The number of aryl methyl sites for hydroxylation is 1. The molecule has 0 saturated heterocycles. The number of aliphatic carboxylic acids is 1. The highest BCUT2D eigenvalue weighted by Crippen LogP contribution is 2.21. The van der Waals surface area contributed by atoms with Crippen molar-refractivity contribution in [2.45, 2.75) is 26.2 Å². The first-order chi connectivity index (χ1) is 7.15. The zero-order valence-corrected chi connectivity index (χ0v) is 9.10. The summed E-state index contributed by atoms with van der Waals surface area (Å²) in [4.78, 5) is 11.1. The monoisotopic (exact) mass is 204 g/mol. The quantitative estimate of drug-likeness (QED) is 0.765. The molecule has 0 aliphatic rings. The topological polar surface area (TPSA) is 37.3 Å². The SMILES string of the molecule is CC=CCC(C(=O)O)c1cccc(C)c1. The van der Waals surface area contributed by atoms with Gasteiger partial charge < -0.3 is 5.11 Å². The van der Waals surface area contributed by atoms with Crippen LogP contribution in [0.3, 0.4) is 0 Å². The van der Waals surface area contributed by atoms with Crippen molar-refractivity contribution in [1.29, 1.82) is 0 Å². The van der Waals surface area contributed by atoms with Crippen LogP contribution in [0.15, 0.2) is 36.4 Å². The highest BCUT2D eigenvalue weighted by molar-refractivity contribution is 5.76. The molecule has 2 heteroatoms. The lowest BCUT2D eigenvalue weighted by Crippen LogP contribution is -2.10. The van der Waals surface area contributed by atoms with Gasteiger partial charge in [-0.25, -0.2) is 0 Å². The molecule has 1 unspecified atom stereocenters. The third-order valence-electron chi connectivity index (χ3n) is 2.35. The Morgan fingerprint density at radius 1 is 1.53 bits per heavy atom. The lowest BCUT2D eigenvalue weighted by atomic mass is 9.94. The Morgan fingerprint density at radius 3 is 2.80 bits per heavy atom. The van der Waals surface area contributed by atoms with E-state index in [-0.39, 0.29) is 0 Å². The van der Waals surface area contributed by atoms with E-state index in [0.29, 0.717) is 6.42 Å². The van der Waals surface area contributed by atoms with Crippen LogP contribution >= 0.6 is 0 Å². The van der Waals surface area contributed by atoms with Gasteiger partial charge in [-0.1, -0.05) is 42.0 Å². The zero-order chi connectivity index (χ0) is 11.3. The van der Waals surface area contributed by atoms with Crippen molar-refractivity contribution in [3.05, 3.63) is 47.5 Å². The van der Waals surface area contributed by atoms with Crippen LogP contribution in [0, 0.1) is 6.92 Å². The van der Waals surface area contributed by atoms with Crippen LogP contribution < -0.4 is 0 Å². The van der Waals surface area contributed by atoms with Crippen LogP contribution in [0.5, 0.6) is 0 Å². The highest BCUT2D eigenvalue weighted by Gasteiger charge is 2.17. The van der Waals surface area contributed by atoms with E-state index >= 15 is 0 Å². The van der Waals surface area contributed by atoms with Gasteiger partial charge in [0.25, 0.3) is 0 Å². The predicted octanol–water partition coefficient (Wildman–Crippen LogP) is 3.13. The van der Waals surface area contributed by atoms with Crippen LogP contribution in [0.25, 0.3) is 0 Å². The molecule has 0 heterocycles. The van der Waals surface area contributed by atoms with E-state index in [4.69, 9.17) is 5.11 Å². The van der Waals surface area contributed by atoms with E-state index in [1.807, 2.05) is 50.3 Å². The molecular weight excluding hydrogens is 188 g/mol. The van der Waals surface area contributed by atoms with E-state index in [2.05, 4.69) is 0 Å². The summed E-state index contributed by atoms with van der Waals surface area (Å²) in [6.07, 6.45) is 4.32. The maximum absolute atomic E-state index is 11.1. The Bertz CT molecular complexity index is 367. The summed E-state index contributed by atoms with van der Waals surface area (Å²) in [7, 11) is 0. The molecule has 2 nitrogen and oxygen atoms in total. The highest BCUT2D eigenvalue weighted by atomic mass is 16.4. The Kier molecular flexibility index (Phi) is 4.10. The molecule has 0 saturated carbocycles. The van der Waals surface area contributed by atoms with Crippen LogP contribution in [-0.4, -0.2) is 11.1 Å². The third-order valence-corrected chi connectivity index (χ3v) is 2.35. The second-order valence-corrected chi connectivity index (χ2v) is 3.61. The lowest BCUT2D eigenvalue weighted by Gasteiger charge is -2.10. The third kappa shape index (κ3) is 3.24. The molecular formula is C13H16O2. The summed E-state index contributed by atoms with van der Waals surface area (Å²) in [5.74, 6) is -1.19. The molecule has 1 atom stereocenters. The van der Waals surface area contributed by atoms with Gasteiger partial charge in [0.1, 0.15) is 0 Å². The number of hydrogen-bond donors (Lipinski definition) is 1. The second kappa shape index (κ2) is 5.35. The standard InChI is InChI=1S/C13H16O2/c1-3-4-8-12(13(14)15)11-7-5-6-10(2)9-11/h3-7,9,12H,8H2,1-2H3,(H,14,15). The minimum absolute atomic E-state index is 0.430. The summed E-state index contributed by atoms with van der Waals surface area (Å²) in [5, 5.41) is 9.11. The Morgan fingerprint density at radius 2 is 2.27 bits per heavy atom. The number of rotatable bonds is 4. The number of carboxylic acids is 1. The molecule has 0 radical (unpaired) electrons. The molecule has 0 amide bonds. The second-order valence-electron chi connectivity index (χ2n) is 3.61. The molecule has 0 aromatic heterocycles. The summed E-state index contributed by atoms with van der Waals surface area (Å²) in [6.45, 7) is 3.87. The molecule has 0 spiro atoms. The number of benzene rings is 1. The summed E-state index contributed by atoms with van der Waals surface area (Å²) >= 11 is 0. The van der Waals surface area contributed by atoms with Crippen molar-refractivity contribution in [1.82, 2.24) is 0 Å². The molecule has 0 aliphatic carbocycles. The number of carbonyl (C=O) groups is 1. The van der Waals surface area contributed by atoms with E-state index in [1.54, 1.807) is 0 Å². The van der Waals surface area contributed by atoms with Gasteiger partial charge in [-0.15, -0.1) is 0 Å². The molecule has 15 heavy (non-hydrogen) atoms. The maximum atomic E-state index is 11.1. The molecule has 1 rings (SSSR count). The van der Waals surface area contributed by atoms with Crippen molar-refractivity contribution in [3.63, 3.8) is 0 Å². The van der Waals surface area contributed by atoms with Crippen LogP contribution in [0.4, 0.5) is 0 Å². The van der Waals surface area contributed by atoms with Gasteiger partial charge in [-0.2, -0.15) is 0 Å². The minimum Gasteiger partial charge on any atom is -0.481 e. The molecule has 1 aromatic rings. The number of allylic oxidation sites excluding steroid dienone is 2. The average Bonchev–Trinajstić information content (AvgIpc) is 2.18. The maximum Gasteiger partial charge on any atom is 0.311 e. The number of hydrogen-bond acceptors (Lipinski definition) is 1. The van der Waals surface area contributed by atoms with Crippen LogP contribution in [0.2, 0.25) is 0 Å². The summed E-state index contributed by atoms with van der Waals surface area (Å²) < 4.78 is 0. The first kappa shape index (κ1) is 11.5. The zero-order valence-electron chi connectivity index (χ0n) is 9.10.